The van der Waals surface area contributed by atoms with Crippen molar-refractivity contribution in [1.29, 1.82) is 0 Å². The quantitative estimate of drug-likeness (QED) is 0.157. The minimum absolute atomic E-state index is 0.0126. The van der Waals surface area contributed by atoms with Crippen molar-refractivity contribution in [2.24, 2.45) is 0 Å². The molecule has 2 heterocycles. The van der Waals surface area contributed by atoms with Gasteiger partial charge >= 0.3 is 6.18 Å². The lowest BCUT2D eigenvalue weighted by Gasteiger charge is -2.17. The van der Waals surface area contributed by atoms with Gasteiger partial charge in [-0.25, -0.2) is 4.98 Å². The van der Waals surface area contributed by atoms with Crippen molar-refractivity contribution in [2.45, 2.75) is 25.3 Å². The number of aliphatic hydroxyl groups excluding tert-OH is 1. The van der Waals surface area contributed by atoms with Crippen molar-refractivity contribution >= 4 is 37.5 Å². The minimum Gasteiger partial charge on any atom is -0.495 e. The Labute approximate surface area is 240 Å². The number of aliphatic hydroxyl groups is 1. The maximum atomic E-state index is 14.0. The first-order valence-electron chi connectivity index (χ1n) is 12.6. The summed E-state index contributed by atoms with van der Waals surface area (Å²) >= 11 is 0. The zero-order valence-electron chi connectivity index (χ0n) is 22.6. The Morgan fingerprint density at radius 2 is 1.88 bits per heavy atom. The van der Waals surface area contributed by atoms with E-state index >= 15 is 0 Å². The summed E-state index contributed by atoms with van der Waals surface area (Å²) in [5.41, 5.74) is 1.43. The predicted octanol–water partition coefficient (Wildman–Crippen LogP) is 5.39. The molecule has 0 fully saturated rings. The average molecular weight is 602 g/mol. The number of hydrogen-bond acceptors (Lipinski definition) is 9. The monoisotopic (exact) mass is 601 g/mol. The van der Waals surface area contributed by atoms with Gasteiger partial charge in [-0.3, -0.25) is 14.0 Å². The molecule has 4 N–H and O–H groups in total. The number of methoxy groups -OCH3 is 1. The molecular weight excluding hydrogens is 574 g/mol. The first-order valence-corrected chi connectivity index (χ1v) is 13.6. The largest absolute Gasteiger partial charge is 0.495 e. The number of benzene rings is 2. The predicted molar refractivity (Wildman–Crippen MR) is 151 cm³/mol. The van der Waals surface area contributed by atoms with E-state index in [0.717, 1.165) is 5.56 Å². The first-order chi connectivity index (χ1) is 20.2. The molecule has 0 aliphatic heterocycles. The number of nitrogens with zero attached hydrogens (tertiary/aromatic N) is 4. The molecule has 4 aromatic rings. The van der Waals surface area contributed by atoms with Crippen molar-refractivity contribution < 1.29 is 32.4 Å². The van der Waals surface area contributed by atoms with Crippen LogP contribution in [-0.2, 0) is 23.4 Å². The SMILES string of the molecule is CNC(=O)c1cc(-c2cnn(CCCO)c2)ccc1Nc1nc(Nc2ccc(CP=O)cc2OC)ncc1C(F)(F)F. The molecule has 0 aliphatic rings. The van der Waals surface area contributed by atoms with Crippen LogP contribution in [0.1, 0.15) is 27.9 Å². The van der Waals surface area contributed by atoms with Crippen LogP contribution in [0.4, 0.5) is 36.3 Å². The van der Waals surface area contributed by atoms with Crippen molar-refractivity contribution in [2.75, 3.05) is 31.4 Å². The maximum absolute atomic E-state index is 14.0. The Kier molecular flexibility index (Phi) is 9.71. The van der Waals surface area contributed by atoms with E-state index in [2.05, 4.69) is 31.0 Å². The summed E-state index contributed by atoms with van der Waals surface area (Å²) in [5.74, 6) is -0.913. The van der Waals surface area contributed by atoms with Gasteiger partial charge in [0, 0.05) is 38.2 Å². The molecular formula is C27H27F3N7O4P. The molecule has 0 bridgehead atoms. The third-order valence-electron chi connectivity index (χ3n) is 6.11. The number of aryl methyl sites for hydroxylation is 1. The van der Waals surface area contributed by atoms with Gasteiger partial charge in [0.2, 0.25) is 5.95 Å². The van der Waals surface area contributed by atoms with Crippen LogP contribution in [0.2, 0.25) is 0 Å². The highest BCUT2D eigenvalue weighted by atomic mass is 31.1. The number of ether oxygens (including phenoxy) is 1. The van der Waals surface area contributed by atoms with Crippen LogP contribution in [-0.4, -0.2) is 51.5 Å². The summed E-state index contributed by atoms with van der Waals surface area (Å²) in [5, 5.41) is 21.3. The number of nitrogens with one attached hydrogen (secondary N) is 3. The van der Waals surface area contributed by atoms with E-state index in [1.165, 1.54) is 26.3 Å². The molecule has 11 nitrogen and oxygen atoms in total. The van der Waals surface area contributed by atoms with E-state index in [9.17, 15) is 22.5 Å². The second-order valence-electron chi connectivity index (χ2n) is 8.93. The molecule has 2 aromatic carbocycles. The lowest BCUT2D eigenvalue weighted by molar-refractivity contribution is -0.137. The highest BCUT2D eigenvalue weighted by molar-refractivity contribution is 7.22. The smallest absolute Gasteiger partial charge is 0.421 e. The molecule has 4 rings (SSSR count). The second kappa shape index (κ2) is 13.4. The fourth-order valence-corrected chi connectivity index (χ4v) is 4.37. The van der Waals surface area contributed by atoms with Gasteiger partial charge in [0.25, 0.3) is 5.91 Å². The fourth-order valence-electron chi connectivity index (χ4n) is 4.03. The zero-order valence-corrected chi connectivity index (χ0v) is 23.5. The van der Waals surface area contributed by atoms with E-state index in [0.29, 0.717) is 41.7 Å². The van der Waals surface area contributed by atoms with Crippen LogP contribution in [0, 0.1) is 0 Å². The van der Waals surface area contributed by atoms with Gasteiger partial charge in [-0.15, -0.1) is 0 Å². The number of halogens is 3. The molecule has 15 heteroatoms. The van der Waals surface area contributed by atoms with Gasteiger partial charge < -0.3 is 25.8 Å². The topological polar surface area (TPSA) is 143 Å². The molecule has 0 unspecified atom stereocenters. The Hall–Kier alpha value is -4.55. The second-order valence-corrected chi connectivity index (χ2v) is 9.51. The van der Waals surface area contributed by atoms with Gasteiger partial charge in [0.05, 0.1) is 36.4 Å². The highest BCUT2D eigenvalue weighted by Crippen LogP contribution is 2.37. The molecule has 42 heavy (non-hydrogen) atoms. The number of anilines is 4. The van der Waals surface area contributed by atoms with Gasteiger partial charge in [-0.1, -0.05) is 12.1 Å². The van der Waals surface area contributed by atoms with Gasteiger partial charge in [0.15, 0.2) is 8.46 Å². The standard InChI is InChI=1S/C27H27F3N7O4P/c1-31-25(39)19-11-17(18-12-33-37(14-18)8-3-9-38)5-7-21(19)34-24-20(27(28,29)30)13-32-26(36-24)35-22-6-4-16(15-42-40)10-23(22)41-2/h4-7,10-14,38H,3,8-9,15H2,1-2H3,(H,31,39)(H2,32,34,35,36). The van der Waals surface area contributed by atoms with Crippen LogP contribution >= 0.6 is 8.46 Å². The molecule has 0 spiro atoms. The van der Waals surface area contributed by atoms with Gasteiger partial charge in [-0.05, 0) is 41.8 Å². The molecule has 0 aliphatic carbocycles. The zero-order chi connectivity index (χ0) is 30.3. The number of carbonyl (C=O) groups excluding carboxylic acids is 1. The Bertz CT molecular complexity index is 1580. The van der Waals surface area contributed by atoms with Crippen LogP contribution in [0.5, 0.6) is 5.75 Å². The Balaban J connectivity index is 1.70. The summed E-state index contributed by atoms with van der Waals surface area (Å²) in [6.45, 7) is 0.511. The summed E-state index contributed by atoms with van der Waals surface area (Å²) in [6.07, 6.45) is -0.0305. The maximum Gasteiger partial charge on any atom is 0.421 e. The number of alkyl halides is 3. The van der Waals surface area contributed by atoms with Gasteiger partial charge in [-0.2, -0.15) is 23.3 Å². The molecule has 1 amide bonds. The molecule has 0 atom stereocenters. The minimum atomic E-state index is -4.80. The summed E-state index contributed by atoms with van der Waals surface area (Å²) in [4.78, 5) is 20.7. The van der Waals surface area contributed by atoms with Crippen molar-refractivity contribution in [1.82, 2.24) is 25.1 Å². The molecule has 2 aromatic heterocycles. The Morgan fingerprint density at radius 3 is 2.57 bits per heavy atom. The normalized spacial score (nSPS) is 11.4. The third kappa shape index (κ3) is 7.20. The Morgan fingerprint density at radius 1 is 1.10 bits per heavy atom. The van der Waals surface area contributed by atoms with E-state index in [4.69, 9.17) is 9.84 Å². The van der Waals surface area contributed by atoms with Crippen LogP contribution in [0.25, 0.3) is 11.1 Å². The van der Waals surface area contributed by atoms with Crippen LogP contribution in [0.3, 0.4) is 0 Å². The third-order valence-corrected chi connectivity index (χ3v) is 6.60. The molecule has 0 radical (unpaired) electrons. The molecule has 0 saturated carbocycles. The fraction of sp³-hybridized carbons (Fsp3) is 0.259. The first kappa shape index (κ1) is 30.4. The number of rotatable bonds is 12. The van der Waals surface area contributed by atoms with Crippen molar-refractivity contribution in [3.05, 3.63) is 71.7 Å². The number of hydrogen-bond donors (Lipinski definition) is 4. The summed E-state index contributed by atoms with van der Waals surface area (Å²) in [6, 6.07) is 9.61. The van der Waals surface area contributed by atoms with E-state index in [-0.39, 0.29) is 38.4 Å². The number of carbonyl (C=O) groups is 1. The van der Waals surface area contributed by atoms with Crippen molar-refractivity contribution in [3.63, 3.8) is 0 Å². The highest BCUT2D eigenvalue weighted by Gasteiger charge is 2.35. The summed E-state index contributed by atoms with van der Waals surface area (Å²) < 4.78 is 59.8. The number of aromatic nitrogens is 4. The van der Waals surface area contributed by atoms with E-state index in [1.807, 2.05) is 0 Å². The van der Waals surface area contributed by atoms with Crippen LogP contribution in [0.15, 0.2) is 55.0 Å². The number of amides is 1. The van der Waals surface area contributed by atoms with E-state index in [1.54, 1.807) is 41.3 Å². The summed E-state index contributed by atoms with van der Waals surface area (Å²) in [7, 11) is 2.76. The van der Waals surface area contributed by atoms with Gasteiger partial charge in [0.1, 0.15) is 17.1 Å². The lowest BCUT2D eigenvalue weighted by Crippen LogP contribution is -2.20. The van der Waals surface area contributed by atoms with Crippen LogP contribution < -0.4 is 20.7 Å². The molecule has 220 valence electrons. The van der Waals surface area contributed by atoms with Crippen molar-refractivity contribution in [3.8, 4) is 16.9 Å². The average Bonchev–Trinajstić information content (AvgIpc) is 3.45. The molecule has 0 saturated heterocycles. The van der Waals surface area contributed by atoms with E-state index < -0.39 is 23.5 Å². The lowest BCUT2D eigenvalue weighted by atomic mass is 10.0.